The quantitative estimate of drug-likeness (QED) is 0.625. The summed E-state index contributed by atoms with van der Waals surface area (Å²) in [7, 11) is -2.09. The molecule has 10 heteroatoms. The SMILES string of the molecule is C[C@H](OC(=O)C1=CC=CN2CCS(=O)(=O)N=C12)C(=O)N(C)C1(C#N)CCCCC1. The molecular weight excluding hydrogens is 396 g/mol. The van der Waals surface area contributed by atoms with Crippen molar-refractivity contribution in [3.05, 3.63) is 23.9 Å². The van der Waals surface area contributed by atoms with Crippen LogP contribution in [0.3, 0.4) is 0 Å². The van der Waals surface area contributed by atoms with Gasteiger partial charge in [-0.3, -0.25) is 4.79 Å². The number of esters is 1. The Morgan fingerprint density at radius 2 is 2.03 bits per heavy atom. The number of nitrogens with zero attached hydrogens (tertiary/aromatic N) is 4. The summed E-state index contributed by atoms with van der Waals surface area (Å²) in [5.74, 6) is -1.44. The fourth-order valence-electron chi connectivity index (χ4n) is 3.79. The molecule has 2 aliphatic heterocycles. The van der Waals surface area contributed by atoms with Crippen molar-refractivity contribution in [2.45, 2.75) is 50.7 Å². The van der Waals surface area contributed by atoms with E-state index in [-0.39, 0.29) is 23.7 Å². The van der Waals surface area contributed by atoms with Crippen LogP contribution < -0.4 is 0 Å². The number of hydrogen-bond acceptors (Lipinski definition) is 7. The molecule has 9 nitrogen and oxygen atoms in total. The number of likely N-dealkylation sites (N-methyl/N-ethyl adjacent to an activating group) is 1. The predicted octanol–water partition coefficient (Wildman–Crippen LogP) is 1.10. The molecule has 0 aromatic carbocycles. The Labute approximate surface area is 170 Å². The third-order valence-corrected chi connectivity index (χ3v) is 6.72. The highest BCUT2D eigenvalue weighted by Gasteiger charge is 2.41. The highest BCUT2D eigenvalue weighted by atomic mass is 32.2. The van der Waals surface area contributed by atoms with Gasteiger partial charge in [0.15, 0.2) is 11.9 Å². The molecule has 29 heavy (non-hydrogen) atoms. The zero-order valence-corrected chi connectivity index (χ0v) is 17.3. The van der Waals surface area contributed by atoms with Crippen molar-refractivity contribution < 1.29 is 22.7 Å². The lowest BCUT2D eigenvalue weighted by Crippen LogP contribution is -2.53. The fourth-order valence-corrected chi connectivity index (χ4v) is 4.78. The molecule has 1 saturated carbocycles. The number of amides is 1. The van der Waals surface area contributed by atoms with Crippen LogP contribution in [0.2, 0.25) is 0 Å². The summed E-state index contributed by atoms with van der Waals surface area (Å²) in [5.41, 5.74) is -0.910. The van der Waals surface area contributed by atoms with Gasteiger partial charge in [0.25, 0.3) is 15.9 Å². The van der Waals surface area contributed by atoms with Gasteiger partial charge in [-0.05, 0) is 31.9 Å². The van der Waals surface area contributed by atoms with Gasteiger partial charge in [0.05, 0.1) is 11.8 Å². The van der Waals surface area contributed by atoms with E-state index in [0.717, 1.165) is 19.3 Å². The van der Waals surface area contributed by atoms with Crippen molar-refractivity contribution in [2.75, 3.05) is 19.3 Å². The average Bonchev–Trinajstić information content (AvgIpc) is 2.71. The lowest BCUT2D eigenvalue weighted by atomic mass is 9.81. The number of ether oxygens (including phenoxy) is 1. The predicted molar refractivity (Wildman–Crippen MR) is 105 cm³/mol. The van der Waals surface area contributed by atoms with Crippen molar-refractivity contribution in [2.24, 2.45) is 4.40 Å². The summed E-state index contributed by atoms with van der Waals surface area (Å²) in [6, 6.07) is 2.27. The molecule has 1 fully saturated rings. The molecule has 0 spiro atoms. The minimum Gasteiger partial charge on any atom is -0.449 e. The molecule has 3 rings (SSSR count). The van der Waals surface area contributed by atoms with Crippen molar-refractivity contribution in [1.82, 2.24) is 9.80 Å². The summed E-state index contributed by atoms with van der Waals surface area (Å²) in [4.78, 5) is 28.4. The van der Waals surface area contributed by atoms with Crippen molar-refractivity contribution >= 4 is 27.7 Å². The summed E-state index contributed by atoms with van der Waals surface area (Å²) in [5, 5.41) is 9.66. The van der Waals surface area contributed by atoms with Gasteiger partial charge in [-0.2, -0.15) is 5.26 Å². The Hall–Kier alpha value is -2.67. The monoisotopic (exact) mass is 420 g/mol. The first-order valence-electron chi connectivity index (χ1n) is 9.57. The number of allylic oxidation sites excluding steroid dienone is 2. The molecule has 1 amide bonds. The number of nitriles is 1. The number of hydrogen-bond donors (Lipinski definition) is 0. The first-order valence-corrected chi connectivity index (χ1v) is 11.2. The maximum absolute atomic E-state index is 12.8. The van der Waals surface area contributed by atoms with E-state index in [9.17, 15) is 23.3 Å². The molecule has 1 atom stereocenters. The highest BCUT2D eigenvalue weighted by molar-refractivity contribution is 7.90. The smallest absolute Gasteiger partial charge is 0.342 e. The maximum atomic E-state index is 12.8. The lowest BCUT2D eigenvalue weighted by Gasteiger charge is -2.39. The van der Waals surface area contributed by atoms with Crippen LogP contribution in [-0.4, -0.2) is 66.9 Å². The topological polar surface area (TPSA) is 120 Å². The van der Waals surface area contributed by atoms with E-state index in [4.69, 9.17) is 4.74 Å². The normalized spacial score (nSPS) is 23.0. The summed E-state index contributed by atoms with van der Waals surface area (Å²) in [6.07, 6.45) is 7.45. The van der Waals surface area contributed by atoms with E-state index in [1.54, 1.807) is 24.2 Å². The molecule has 0 saturated heterocycles. The van der Waals surface area contributed by atoms with Gasteiger partial charge in [-0.15, -0.1) is 4.40 Å². The molecule has 2 heterocycles. The third kappa shape index (κ3) is 4.19. The van der Waals surface area contributed by atoms with Crippen LogP contribution in [0.15, 0.2) is 28.3 Å². The van der Waals surface area contributed by atoms with E-state index in [2.05, 4.69) is 10.5 Å². The van der Waals surface area contributed by atoms with Gasteiger partial charge in [-0.1, -0.05) is 19.3 Å². The molecule has 3 aliphatic rings. The molecule has 0 aromatic rings. The Kier molecular flexibility index (Phi) is 5.80. The third-order valence-electron chi connectivity index (χ3n) is 5.57. The maximum Gasteiger partial charge on any atom is 0.342 e. The van der Waals surface area contributed by atoms with Gasteiger partial charge in [0.1, 0.15) is 11.1 Å². The van der Waals surface area contributed by atoms with Crippen LogP contribution in [-0.2, 0) is 24.3 Å². The second kappa shape index (κ2) is 7.99. The average molecular weight is 420 g/mol. The number of amidine groups is 1. The van der Waals surface area contributed by atoms with Gasteiger partial charge < -0.3 is 14.5 Å². The van der Waals surface area contributed by atoms with E-state index in [0.29, 0.717) is 12.8 Å². The molecule has 0 unspecified atom stereocenters. The molecule has 0 radical (unpaired) electrons. The number of fused-ring (bicyclic) bond motifs is 1. The van der Waals surface area contributed by atoms with Crippen LogP contribution in [0.4, 0.5) is 0 Å². The van der Waals surface area contributed by atoms with Gasteiger partial charge in [0.2, 0.25) is 0 Å². The van der Waals surface area contributed by atoms with Crippen LogP contribution in [0, 0.1) is 11.3 Å². The second-order valence-electron chi connectivity index (χ2n) is 7.47. The van der Waals surface area contributed by atoms with E-state index >= 15 is 0 Å². The Bertz CT molecular complexity index is 938. The van der Waals surface area contributed by atoms with Crippen LogP contribution in [0.1, 0.15) is 39.0 Å². The number of sulfonamides is 1. The molecule has 1 aliphatic carbocycles. The van der Waals surface area contributed by atoms with E-state index in [1.165, 1.54) is 17.9 Å². The Morgan fingerprint density at radius 1 is 1.34 bits per heavy atom. The first kappa shape index (κ1) is 21.0. The highest BCUT2D eigenvalue weighted by Crippen LogP contribution is 2.33. The summed E-state index contributed by atoms with van der Waals surface area (Å²) in [6.45, 7) is 1.63. The minimum atomic E-state index is -3.65. The Balaban J connectivity index is 1.74. The number of carbonyl (C=O) groups is 2. The second-order valence-corrected chi connectivity index (χ2v) is 9.22. The molecule has 0 N–H and O–H groups in total. The molecular formula is C19H24N4O5S. The molecule has 156 valence electrons. The largest absolute Gasteiger partial charge is 0.449 e. The van der Waals surface area contributed by atoms with Gasteiger partial charge in [-0.25, -0.2) is 13.2 Å². The van der Waals surface area contributed by atoms with E-state index in [1.807, 2.05) is 0 Å². The minimum absolute atomic E-state index is 0.00229. The summed E-state index contributed by atoms with van der Waals surface area (Å²) >= 11 is 0. The van der Waals surface area contributed by atoms with Crippen molar-refractivity contribution in [1.29, 1.82) is 5.26 Å². The van der Waals surface area contributed by atoms with Gasteiger partial charge >= 0.3 is 5.97 Å². The van der Waals surface area contributed by atoms with Crippen LogP contribution >= 0.6 is 0 Å². The lowest BCUT2D eigenvalue weighted by molar-refractivity contribution is -0.157. The van der Waals surface area contributed by atoms with E-state index < -0.39 is 33.5 Å². The van der Waals surface area contributed by atoms with Gasteiger partial charge in [0, 0.05) is 19.8 Å². The first-order chi connectivity index (χ1) is 13.7. The fraction of sp³-hybridized carbons (Fsp3) is 0.579. The number of carbonyl (C=O) groups excluding carboxylic acids is 2. The zero-order chi connectivity index (χ0) is 21.2. The Morgan fingerprint density at radius 3 is 2.69 bits per heavy atom. The van der Waals surface area contributed by atoms with Crippen molar-refractivity contribution in [3.8, 4) is 6.07 Å². The molecule has 0 aromatic heterocycles. The standard InChI is InChI=1S/C19H24N4O5S/c1-14(17(24)22(2)19(13-20)8-4-3-5-9-19)28-18(25)15-7-6-10-23-11-12-29(26,27)21-16(15)23/h6-7,10,14H,3-5,8-9,11-12H2,1-2H3/t14-/m0/s1. The van der Waals surface area contributed by atoms with Crippen LogP contribution in [0.25, 0.3) is 0 Å². The van der Waals surface area contributed by atoms with Crippen molar-refractivity contribution in [3.63, 3.8) is 0 Å². The molecule has 0 bridgehead atoms. The zero-order valence-electron chi connectivity index (χ0n) is 16.5. The summed E-state index contributed by atoms with van der Waals surface area (Å²) < 4.78 is 32.7. The van der Waals surface area contributed by atoms with Crippen LogP contribution in [0.5, 0.6) is 0 Å². The number of rotatable bonds is 4.